The number of benzene rings is 2. The van der Waals surface area contributed by atoms with Gasteiger partial charge in [0.25, 0.3) is 0 Å². The van der Waals surface area contributed by atoms with Crippen molar-refractivity contribution < 1.29 is 19.8 Å². The Morgan fingerprint density at radius 1 is 0.950 bits per heavy atom. The van der Waals surface area contributed by atoms with Crippen LogP contribution in [0.25, 0.3) is 0 Å². The lowest BCUT2D eigenvalue weighted by atomic mass is 10.00. The molecule has 0 aliphatic carbocycles. The molecule has 0 fully saturated rings. The third-order valence-electron chi connectivity index (χ3n) is 2.95. The van der Waals surface area contributed by atoms with Crippen LogP contribution in [0.3, 0.4) is 0 Å². The van der Waals surface area contributed by atoms with E-state index < -0.39 is 5.97 Å². The highest BCUT2D eigenvalue weighted by Crippen LogP contribution is 2.20. The summed E-state index contributed by atoms with van der Waals surface area (Å²) in [6.45, 7) is 0. The number of rotatable bonds is 5. The summed E-state index contributed by atoms with van der Waals surface area (Å²) in [5.74, 6) is -1.26. The van der Waals surface area contributed by atoms with Gasteiger partial charge in [-0.15, -0.1) is 0 Å². The van der Waals surface area contributed by atoms with Crippen molar-refractivity contribution >= 4 is 11.8 Å². The SMILES string of the molecule is O=C(O)Cc1cc(C(=O)Cc2ccccc2)ccc1O. The number of phenolic OH excluding ortho intramolecular Hbond substituents is 1. The lowest BCUT2D eigenvalue weighted by Crippen LogP contribution is -2.06. The summed E-state index contributed by atoms with van der Waals surface area (Å²) in [6.07, 6.45) is -0.0591. The van der Waals surface area contributed by atoms with Crippen LogP contribution in [0.15, 0.2) is 48.5 Å². The predicted octanol–water partition coefficient (Wildman–Crippen LogP) is 2.44. The molecule has 0 aromatic heterocycles. The summed E-state index contributed by atoms with van der Waals surface area (Å²) in [5.41, 5.74) is 1.55. The van der Waals surface area contributed by atoms with Gasteiger partial charge in [-0.05, 0) is 23.8 Å². The van der Waals surface area contributed by atoms with Crippen LogP contribution in [-0.2, 0) is 17.6 Å². The minimum atomic E-state index is -1.05. The van der Waals surface area contributed by atoms with Gasteiger partial charge in [0.15, 0.2) is 5.78 Å². The van der Waals surface area contributed by atoms with E-state index in [2.05, 4.69) is 0 Å². The molecule has 0 saturated heterocycles. The number of aromatic hydroxyl groups is 1. The van der Waals surface area contributed by atoms with Gasteiger partial charge in [-0.25, -0.2) is 0 Å². The van der Waals surface area contributed by atoms with E-state index in [1.807, 2.05) is 30.3 Å². The van der Waals surface area contributed by atoms with Crippen molar-refractivity contribution in [2.24, 2.45) is 0 Å². The lowest BCUT2D eigenvalue weighted by Gasteiger charge is -2.06. The van der Waals surface area contributed by atoms with Gasteiger partial charge in [0.05, 0.1) is 6.42 Å². The molecular weight excluding hydrogens is 256 g/mol. The fourth-order valence-electron chi connectivity index (χ4n) is 1.95. The highest BCUT2D eigenvalue weighted by Gasteiger charge is 2.12. The van der Waals surface area contributed by atoms with Crippen LogP contribution in [-0.4, -0.2) is 22.0 Å². The number of hydrogen-bond acceptors (Lipinski definition) is 3. The van der Waals surface area contributed by atoms with Gasteiger partial charge in [-0.2, -0.15) is 0 Å². The van der Waals surface area contributed by atoms with Gasteiger partial charge in [0, 0.05) is 17.5 Å². The fourth-order valence-corrected chi connectivity index (χ4v) is 1.95. The molecule has 0 bridgehead atoms. The monoisotopic (exact) mass is 270 g/mol. The van der Waals surface area contributed by atoms with Gasteiger partial charge < -0.3 is 10.2 Å². The smallest absolute Gasteiger partial charge is 0.307 e. The van der Waals surface area contributed by atoms with Crippen LogP contribution in [0.1, 0.15) is 21.5 Å². The van der Waals surface area contributed by atoms with E-state index >= 15 is 0 Å². The molecule has 0 heterocycles. The first-order chi connectivity index (χ1) is 9.56. The Labute approximate surface area is 116 Å². The van der Waals surface area contributed by atoms with Crippen molar-refractivity contribution in [3.8, 4) is 5.75 Å². The van der Waals surface area contributed by atoms with E-state index in [9.17, 15) is 14.7 Å². The Hall–Kier alpha value is -2.62. The molecule has 102 valence electrons. The largest absolute Gasteiger partial charge is 0.508 e. The summed E-state index contributed by atoms with van der Waals surface area (Å²) in [6, 6.07) is 13.6. The average Bonchev–Trinajstić information content (AvgIpc) is 2.42. The molecule has 0 aliphatic heterocycles. The number of carbonyl (C=O) groups is 2. The van der Waals surface area contributed by atoms with E-state index in [1.54, 1.807) is 0 Å². The molecule has 0 unspecified atom stereocenters. The lowest BCUT2D eigenvalue weighted by molar-refractivity contribution is -0.136. The topological polar surface area (TPSA) is 74.6 Å². The van der Waals surface area contributed by atoms with Gasteiger partial charge in [-0.3, -0.25) is 9.59 Å². The van der Waals surface area contributed by atoms with E-state index in [-0.39, 0.29) is 29.9 Å². The fraction of sp³-hybridized carbons (Fsp3) is 0.125. The molecule has 2 aromatic rings. The van der Waals surface area contributed by atoms with Crippen LogP contribution in [0.4, 0.5) is 0 Å². The molecule has 4 heteroatoms. The molecule has 2 N–H and O–H groups in total. The molecule has 2 rings (SSSR count). The van der Waals surface area contributed by atoms with Crippen molar-refractivity contribution in [2.75, 3.05) is 0 Å². The summed E-state index contributed by atoms with van der Waals surface area (Å²) < 4.78 is 0. The molecule has 0 spiro atoms. The molecule has 0 amide bonds. The highest BCUT2D eigenvalue weighted by atomic mass is 16.4. The number of aliphatic carboxylic acids is 1. The highest BCUT2D eigenvalue weighted by molar-refractivity contribution is 5.98. The summed E-state index contributed by atoms with van der Waals surface area (Å²) in [7, 11) is 0. The zero-order valence-corrected chi connectivity index (χ0v) is 10.7. The second-order valence-corrected chi connectivity index (χ2v) is 4.50. The maximum Gasteiger partial charge on any atom is 0.307 e. The first kappa shape index (κ1) is 13.8. The Kier molecular flexibility index (Phi) is 4.15. The van der Waals surface area contributed by atoms with Crippen molar-refractivity contribution in [2.45, 2.75) is 12.8 Å². The minimum Gasteiger partial charge on any atom is -0.508 e. The molecule has 0 saturated carbocycles. The standard InChI is InChI=1S/C16H14O4/c17-14-7-6-12(9-13(14)10-16(19)20)15(18)8-11-4-2-1-3-5-11/h1-7,9,17H,8,10H2,(H,19,20). The Bertz CT molecular complexity index is 632. The number of Topliss-reactive ketones (excluding diaryl/α,β-unsaturated/α-hetero) is 1. The molecule has 0 atom stereocenters. The first-order valence-corrected chi connectivity index (χ1v) is 6.17. The van der Waals surface area contributed by atoms with Crippen LogP contribution < -0.4 is 0 Å². The predicted molar refractivity (Wildman–Crippen MR) is 73.9 cm³/mol. The summed E-state index contributed by atoms with van der Waals surface area (Å²) in [4.78, 5) is 22.8. The van der Waals surface area contributed by atoms with Crippen molar-refractivity contribution in [3.63, 3.8) is 0 Å². The van der Waals surface area contributed by atoms with E-state index in [1.165, 1.54) is 18.2 Å². The van der Waals surface area contributed by atoms with Crippen molar-refractivity contribution in [3.05, 3.63) is 65.2 Å². The van der Waals surface area contributed by atoms with Gasteiger partial charge in [0.2, 0.25) is 0 Å². The molecular formula is C16H14O4. The Morgan fingerprint density at radius 2 is 1.65 bits per heavy atom. The number of carboxylic acids is 1. The number of hydrogen-bond donors (Lipinski definition) is 2. The van der Waals surface area contributed by atoms with Crippen LogP contribution in [0.2, 0.25) is 0 Å². The second-order valence-electron chi connectivity index (χ2n) is 4.50. The van der Waals surface area contributed by atoms with Crippen LogP contribution >= 0.6 is 0 Å². The van der Waals surface area contributed by atoms with Crippen LogP contribution in [0, 0.1) is 0 Å². The number of carboxylic acid groups (broad SMARTS) is 1. The number of carbonyl (C=O) groups excluding carboxylic acids is 1. The maximum absolute atomic E-state index is 12.1. The molecule has 20 heavy (non-hydrogen) atoms. The number of ketones is 1. The zero-order chi connectivity index (χ0) is 14.5. The number of phenols is 1. The maximum atomic E-state index is 12.1. The van der Waals surface area contributed by atoms with E-state index in [0.29, 0.717) is 5.56 Å². The van der Waals surface area contributed by atoms with Gasteiger partial charge >= 0.3 is 5.97 Å². The van der Waals surface area contributed by atoms with Crippen molar-refractivity contribution in [1.29, 1.82) is 0 Å². The van der Waals surface area contributed by atoms with Crippen molar-refractivity contribution in [1.82, 2.24) is 0 Å². The summed E-state index contributed by atoms with van der Waals surface area (Å²) in [5, 5.41) is 18.3. The molecule has 0 aliphatic rings. The first-order valence-electron chi connectivity index (χ1n) is 6.17. The van der Waals surface area contributed by atoms with Gasteiger partial charge in [0.1, 0.15) is 5.75 Å². The molecule has 2 aromatic carbocycles. The Morgan fingerprint density at radius 3 is 2.30 bits per heavy atom. The normalized spacial score (nSPS) is 10.2. The average molecular weight is 270 g/mol. The third kappa shape index (κ3) is 3.45. The molecule has 4 nitrogen and oxygen atoms in total. The quantitative estimate of drug-likeness (QED) is 0.818. The summed E-state index contributed by atoms with van der Waals surface area (Å²) >= 11 is 0. The minimum absolute atomic E-state index is 0.108. The van der Waals surface area contributed by atoms with E-state index in [4.69, 9.17) is 5.11 Å². The van der Waals surface area contributed by atoms with Gasteiger partial charge in [-0.1, -0.05) is 30.3 Å². The zero-order valence-electron chi connectivity index (χ0n) is 10.7. The van der Waals surface area contributed by atoms with Crippen LogP contribution in [0.5, 0.6) is 5.75 Å². The third-order valence-corrected chi connectivity index (χ3v) is 2.95. The second kappa shape index (κ2) is 6.02. The molecule has 0 radical (unpaired) electrons. The van der Waals surface area contributed by atoms with E-state index in [0.717, 1.165) is 5.56 Å². The Balaban J connectivity index is 2.20.